The van der Waals surface area contributed by atoms with E-state index < -0.39 is 0 Å². The van der Waals surface area contributed by atoms with Crippen molar-refractivity contribution in [1.82, 2.24) is 9.88 Å². The minimum atomic E-state index is -0.112. The van der Waals surface area contributed by atoms with Crippen molar-refractivity contribution in [2.45, 2.75) is 13.3 Å². The van der Waals surface area contributed by atoms with Crippen LogP contribution in [0.5, 0.6) is 5.75 Å². The quantitative estimate of drug-likeness (QED) is 0.536. The smallest absolute Gasteiger partial charge is 0.253 e. The molecule has 0 aliphatic carbocycles. The highest BCUT2D eigenvalue weighted by Gasteiger charge is 2.20. The van der Waals surface area contributed by atoms with Crippen LogP contribution in [0, 0.1) is 6.92 Å². The molecule has 0 saturated heterocycles. The highest BCUT2D eigenvalue weighted by molar-refractivity contribution is 6.32. The van der Waals surface area contributed by atoms with Crippen LogP contribution in [0.15, 0.2) is 54.6 Å². The summed E-state index contributed by atoms with van der Waals surface area (Å²) in [5.41, 5.74) is 4.13. The topological polar surface area (TPSA) is 52.5 Å². The van der Waals surface area contributed by atoms with Gasteiger partial charge in [0, 0.05) is 26.0 Å². The lowest BCUT2D eigenvalue weighted by Gasteiger charge is -2.14. The molecule has 3 aromatic rings. The lowest BCUT2D eigenvalue weighted by molar-refractivity contribution is 0.0948. The van der Waals surface area contributed by atoms with Crippen LogP contribution in [0.2, 0.25) is 5.02 Å². The number of para-hydroxylation sites is 1. The second-order valence-electron chi connectivity index (χ2n) is 6.65. The molecule has 3 rings (SSSR count). The van der Waals surface area contributed by atoms with Crippen molar-refractivity contribution in [3.8, 4) is 22.7 Å². The summed E-state index contributed by atoms with van der Waals surface area (Å²) in [6.07, 6.45) is 0.762. The van der Waals surface area contributed by atoms with Crippen LogP contribution in [0.1, 0.15) is 22.5 Å². The zero-order valence-electron chi connectivity index (χ0n) is 16.9. The average Bonchev–Trinajstić information content (AvgIpc) is 3.08. The van der Waals surface area contributed by atoms with E-state index >= 15 is 0 Å². The zero-order chi connectivity index (χ0) is 20.8. The van der Waals surface area contributed by atoms with E-state index in [1.165, 1.54) is 0 Å². The van der Waals surface area contributed by atoms with Crippen molar-refractivity contribution in [3.05, 3.63) is 70.9 Å². The van der Waals surface area contributed by atoms with Gasteiger partial charge in [0.05, 0.1) is 29.1 Å². The van der Waals surface area contributed by atoms with Crippen molar-refractivity contribution in [3.63, 3.8) is 0 Å². The van der Waals surface area contributed by atoms with Crippen molar-refractivity contribution in [1.29, 1.82) is 0 Å². The molecule has 5 nitrogen and oxygen atoms in total. The van der Waals surface area contributed by atoms with Gasteiger partial charge in [-0.15, -0.1) is 0 Å². The third kappa shape index (κ3) is 4.63. The van der Waals surface area contributed by atoms with E-state index in [9.17, 15) is 4.79 Å². The number of ether oxygens (including phenoxy) is 2. The number of nitrogens with one attached hydrogen (secondary N) is 1. The highest BCUT2D eigenvalue weighted by Crippen LogP contribution is 2.33. The summed E-state index contributed by atoms with van der Waals surface area (Å²) < 4.78 is 12.3. The van der Waals surface area contributed by atoms with Crippen LogP contribution in [-0.4, -0.2) is 37.8 Å². The first kappa shape index (κ1) is 21.0. The monoisotopic (exact) mass is 412 g/mol. The number of benzene rings is 2. The number of nitrogens with zero attached hydrogens (tertiary/aromatic N) is 1. The lowest BCUT2D eigenvalue weighted by Crippen LogP contribution is -2.25. The molecule has 0 spiro atoms. The highest BCUT2D eigenvalue weighted by atomic mass is 35.5. The summed E-state index contributed by atoms with van der Waals surface area (Å²) >= 11 is 6.49. The molecule has 0 aliphatic rings. The van der Waals surface area contributed by atoms with Crippen LogP contribution in [0.4, 0.5) is 0 Å². The standard InChI is InChI=1S/C23H25ClN2O3/c1-16-19(23(27)25-13-6-14-28-2)15-22(17-9-11-18(29-3)12-10-17)26(16)21-8-5-4-7-20(21)24/h4-5,7-12,15H,6,13-14H2,1-3H3,(H,25,27). The Hall–Kier alpha value is -2.76. The summed E-state index contributed by atoms with van der Waals surface area (Å²) in [5, 5.41) is 3.58. The van der Waals surface area contributed by atoms with Crippen LogP contribution in [-0.2, 0) is 4.74 Å². The Bertz CT molecular complexity index is 980. The number of hydrogen-bond acceptors (Lipinski definition) is 3. The Morgan fingerprint density at radius 1 is 1.10 bits per heavy atom. The number of aromatic nitrogens is 1. The molecule has 1 amide bonds. The molecule has 6 heteroatoms. The van der Waals surface area contributed by atoms with Crippen molar-refractivity contribution in [2.24, 2.45) is 0 Å². The maximum absolute atomic E-state index is 12.8. The summed E-state index contributed by atoms with van der Waals surface area (Å²) in [7, 11) is 3.29. The minimum Gasteiger partial charge on any atom is -0.497 e. The molecule has 29 heavy (non-hydrogen) atoms. The van der Waals surface area contributed by atoms with Gasteiger partial charge in [0.1, 0.15) is 5.75 Å². The Labute approximate surface area is 176 Å². The molecule has 0 bridgehead atoms. The maximum atomic E-state index is 12.8. The Balaban J connectivity index is 2.05. The number of rotatable bonds is 8. The molecule has 1 N–H and O–H groups in total. The van der Waals surface area contributed by atoms with Gasteiger partial charge < -0.3 is 19.4 Å². The van der Waals surface area contributed by atoms with Gasteiger partial charge in [0.2, 0.25) is 0 Å². The minimum absolute atomic E-state index is 0.112. The zero-order valence-corrected chi connectivity index (χ0v) is 17.6. The number of carbonyl (C=O) groups is 1. The largest absolute Gasteiger partial charge is 0.497 e. The Morgan fingerprint density at radius 3 is 2.48 bits per heavy atom. The molecule has 2 aromatic carbocycles. The fourth-order valence-corrected chi connectivity index (χ4v) is 3.49. The molecular formula is C23H25ClN2O3. The SMILES string of the molecule is COCCCNC(=O)c1cc(-c2ccc(OC)cc2)n(-c2ccccc2Cl)c1C. The molecule has 152 valence electrons. The van der Waals surface area contributed by atoms with E-state index in [0.717, 1.165) is 34.8 Å². The van der Waals surface area contributed by atoms with Crippen LogP contribution in [0.3, 0.4) is 0 Å². The maximum Gasteiger partial charge on any atom is 0.253 e. The van der Waals surface area contributed by atoms with E-state index in [-0.39, 0.29) is 5.91 Å². The second kappa shape index (κ2) is 9.63. The number of carbonyl (C=O) groups excluding carboxylic acids is 1. The Kier molecular flexibility index (Phi) is 6.96. The predicted octanol–water partition coefficient (Wildman–Crippen LogP) is 4.88. The predicted molar refractivity (Wildman–Crippen MR) is 116 cm³/mol. The summed E-state index contributed by atoms with van der Waals surface area (Å²) in [5.74, 6) is 0.664. The van der Waals surface area contributed by atoms with Crippen LogP contribution >= 0.6 is 11.6 Å². The van der Waals surface area contributed by atoms with Gasteiger partial charge in [0.25, 0.3) is 5.91 Å². The molecular weight excluding hydrogens is 388 g/mol. The summed E-state index contributed by atoms with van der Waals surface area (Å²) in [4.78, 5) is 12.8. The van der Waals surface area contributed by atoms with Gasteiger partial charge >= 0.3 is 0 Å². The fraction of sp³-hybridized carbons (Fsp3) is 0.261. The van der Waals surface area contributed by atoms with E-state index in [1.807, 2.05) is 66.1 Å². The average molecular weight is 413 g/mol. The van der Waals surface area contributed by atoms with Crippen LogP contribution in [0.25, 0.3) is 16.9 Å². The first-order chi connectivity index (χ1) is 14.1. The fourth-order valence-electron chi connectivity index (χ4n) is 3.27. The van der Waals surface area contributed by atoms with E-state index in [1.54, 1.807) is 14.2 Å². The van der Waals surface area contributed by atoms with Crippen molar-refractivity contribution in [2.75, 3.05) is 27.4 Å². The van der Waals surface area contributed by atoms with Crippen LogP contribution < -0.4 is 10.1 Å². The number of halogens is 1. The van der Waals surface area contributed by atoms with Gasteiger partial charge in [0.15, 0.2) is 0 Å². The third-order valence-corrected chi connectivity index (χ3v) is 5.10. The summed E-state index contributed by atoms with van der Waals surface area (Å²) in [6, 6.07) is 17.3. The lowest BCUT2D eigenvalue weighted by atomic mass is 10.1. The first-order valence-electron chi connectivity index (χ1n) is 9.45. The van der Waals surface area contributed by atoms with Gasteiger partial charge in [-0.05, 0) is 61.4 Å². The van der Waals surface area contributed by atoms with Gasteiger partial charge in [-0.25, -0.2) is 0 Å². The second-order valence-corrected chi connectivity index (χ2v) is 7.05. The third-order valence-electron chi connectivity index (χ3n) is 4.78. The molecule has 1 heterocycles. The molecule has 0 atom stereocenters. The molecule has 0 fully saturated rings. The van der Waals surface area contributed by atoms with Gasteiger partial charge in [-0.2, -0.15) is 0 Å². The molecule has 1 aromatic heterocycles. The number of methoxy groups -OCH3 is 2. The van der Waals surface area contributed by atoms with Gasteiger partial charge in [-0.3, -0.25) is 4.79 Å². The van der Waals surface area contributed by atoms with E-state index in [0.29, 0.717) is 23.7 Å². The molecule has 0 unspecified atom stereocenters. The first-order valence-corrected chi connectivity index (χ1v) is 9.83. The Morgan fingerprint density at radius 2 is 1.83 bits per heavy atom. The summed E-state index contributed by atoms with van der Waals surface area (Å²) in [6.45, 7) is 3.10. The van der Waals surface area contributed by atoms with E-state index in [4.69, 9.17) is 21.1 Å². The normalized spacial score (nSPS) is 10.8. The van der Waals surface area contributed by atoms with Crippen molar-refractivity contribution >= 4 is 17.5 Å². The molecule has 0 aliphatic heterocycles. The molecule has 0 radical (unpaired) electrons. The number of amides is 1. The van der Waals surface area contributed by atoms with Gasteiger partial charge in [-0.1, -0.05) is 23.7 Å². The molecule has 0 saturated carbocycles. The van der Waals surface area contributed by atoms with E-state index in [2.05, 4.69) is 5.32 Å². The number of hydrogen-bond donors (Lipinski definition) is 1. The van der Waals surface area contributed by atoms with Crippen molar-refractivity contribution < 1.29 is 14.3 Å².